The lowest BCUT2D eigenvalue weighted by atomic mass is 10.0. The van der Waals surface area contributed by atoms with Crippen LogP contribution < -0.4 is 19.1 Å². The Labute approximate surface area is 178 Å². The number of carbonyl (C=O) groups excluding carboxylic acids is 1. The highest BCUT2D eigenvalue weighted by Crippen LogP contribution is 2.41. The Morgan fingerprint density at radius 3 is 2.63 bits per heavy atom. The van der Waals surface area contributed by atoms with E-state index in [1.54, 1.807) is 25.1 Å². The molecule has 0 atom stereocenters. The van der Waals surface area contributed by atoms with Crippen molar-refractivity contribution < 1.29 is 22.7 Å². The van der Waals surface area contributed by atoms with Crippen molar-refractivity contribution in [2.24, 2.45) is 0 Å². The van der Waals surface area contributed by atoms with Gasteiger partial charge in [0.25, 0.3) is 0 Å². The average molecular weight is 433 g/mol. The number of sulfonamides is 1. The van der Waals surface area contributed by atoms with Gasteiger partial charge in [-0.1, -0.05) is 30.3 Å². The number of hydrogen-bond donors (Lipinski definition) is 1. The number of amides is 1. The van der Waals surface area contributed by atoms with Crippen LogP contribution in [0.3, 0.4) is 0 Å². The smallest absolute Gasteiger partial charge is 0.240 e. The van der Waals surface area contributed by atoms with E-state index in [9.17, 15) is 13.2 Å². The van der Waals surface area contributed by atoms with Crippen molar-refractivity contribution in [1.82, 2.24) is 5.32 Å². The fraction of sp³-hybridized carbons (Fsp3) is 0.409. The predicted molar refractivity (Wildman–Crippen MR) is 117 cm³/mol. The molecule has 3 rings (SSSR count). The topological polar surface area (TPSA) is 84.9 Å². The first-order valence-corrected chi connectivity index (χ1v) is 11.7. The van der Waals surface area contributed by atoms with Gasteiger partial charge in [-0.05, 0) is 38.5 Å². The van der Waals surface area contributed by atoms with Crippen molar-refractivity contribution in [3.8, 4) is 11.5 Å². The Balaban J connectivity index is 1.55. The molecule has 162 valence electrons. The monoisotopic (exact) mass is 432 g/mol. The van der Waals surface area contributed by atoms with Gasteiger partial charge in [-0.2, -0.15) is 0 Å². The predicted octanol–water partition coefficient (Wildman–Crippen LogP) is 2.67. The van der Waals surface area contributed by atoms with E-state index in [0.717, 1.165) is 33.9 Å². The number of carbonyl (C=O) groups is 1. The maximum absolute atomic E-state index is 12.4. The van der Waals surface area contributed by atoms with Gasteiger partial charge in [0.15, 0.2) is 11.5 Å². The number of nitrogens with one attached hydrogen (secondary N) is 1. The Bertz CT molecular complexity index is 1030. The summed E-state index contributed by atoms with van der Waals surface area (Å²) in [5.41, 5.74) is 2.11. The van der Waals surface area contributed by atoms with Crippen LogP contribution in [-0.4, -0.2) is 45.9 Å². The minimum Gasteiger partial charge on any atom is -0.488 e. The number of rotatable bonds is 8. The Kier molecular flexibility index (Phi) is 6.26. The number of nitrogens with zero attached hydrogens (tertiary/aromatic N) is 1. The zero-order valence-electron chi connectivity index (χ0n) is 17.8. The van der Waals surface area contributed by atoms with Gasteiger partial charge in [0, 0.05) is 12.0 Å². The lowest BCUT2D eigenvalue weighted by Crippen LogP contribution is -2.41. The fourth-order valence-electron chi connectivity index (χ4n) is 3.46. The largest absolute Gasteiger partial charge is 0.488 e. The van der Waals surface area contributed by atoms with E-state index in [2.05, 4.69) is 5.32 Å². The first-order valence-electron chi connectivity index (χ1n) is 9.80. The summed E-state index contributed by atoms with van der Waals surface area (Å²) in [5.74, 6) is 0.990. The molecule has 1 heterocycles. The Hall–Kier alpha value is -2.74. The highest BCUT2D eigenvalue weighted by Gasteiger charge is 2.32. The minimum atomic E-state index is -3.60. The zero-order valence-corrected chi connectivity index (χ0v) is 18.6. The van der Waals surface area contributed by atoms with E-state index in [1.165, 1.54) is 0 Å². The van der Waals surface area contributed by atoms with Gasteiger partial charge in [0.05, 0.1) is 18.5 Å². The molecular weight excluding hydrogens is 404 g/mol. The van der Waals surface area contributed by atoms with Crippen LogP contribution in [0.15, 0.2) is 42.5 Å². The Morgan fingerprint density at radius 2 is 1.93 bits per heavy atom. The molecule has 1 amide bonds. The number of anilines is 1. The molecule has 30 heavy (non-hydrogen) atoms. The maximum atomic E-state index is 12.4. The van der Waals surface area contributed by atoms with Crippen LogP contribution >= 0.6 is 0 Å². The summed E-state index contributed by atoms with van der Waals surface area (Å²) < 4.78 is 37.3. The third kappa shape index (κ3) is 5.24. The molecule has 0 aliphatic carbocycles. The maximum Gasteiger partial charge on any atom is 0.240 e. The number of aryl methyl sites for hydroxylation is 1. The van der Waals surface area contributed by atoms with Crippen LogP contribution in [0.25, 0.3) is 0 Å². The molecule has 0 aromatic heterocycles. The molecule has 0 saturated carbocycles. The lowest BCUT2D eigenvalue weighted by Gasteiger charge is -2.23. The van der Waals surface area contributed by atoms with Gasteiger partial charge >= 0.3 is 0 Å². The summed E-state index contributed by atoms with van der Waals surface area (Å²) >= 11 is 0. The molecule has 2 aromatic carbocycles. The summed E-state index contributed by atoms with van der Waals surface area (Å²) in [6.07, 6.45) is 1.91. The van der Waals surface area contributed by atoms with E-state index in [4.69, 9.17) is 9.47 Å². The standard InChI is InChI=1S/C22H28N2O5S/c1-16-8-5-6-10-18(16)24(30(4,26)27)15-20(25)23-12-13-28-19-11-7-9-17-14-22(2,3)29-21(17)19/h5-11H,12-15H2,1-4H3,(H,23,25). The van der Waals surface area contributed by atoms with Crippen LogP contribution in [0.2, 0.25) is 0 Å². The molecule has 1 aliphatic heterocycles. The van der Waals surface area contributed by atoms with E-state index in [-0.39, 0.29) is 25.3 Å². The van der Waals surface area contributed by atoms with Crippen LogP contribution in [0, 0.1) is 6.92 Å². The Morgan fingerprint density at radius 1 is 1.20 bits per heavy atom. The number of hydrogen-bond acceptors (Lipinski definition) is 5. The quantitative estimate of drug-likeness (QED) is 0.649. The molecule has 1 aliphatic rings. The SMILES string of the molecule is Cc1ccccc1N(CC(=O)NCCOc1cccc2c1OC(C)(C)C2)S(C)(=O)=O. The normalized spacial score (nSPS) is 14.5. The first-order chi connectivity index (χ1) is 14.1. The number of ether oxygens (including phenoxy) is 2. The molecule has 8 heteroatoms. The zero-order chi connectivity index (χ0) is 21.9. The second-order valence-corrected chi connectivity index (χ2v) is 9.94. The first kappa shape index (κ1) is 22.0. The van der Waals surface area contributed by atoms with E-state index in [0.29, 0.717) is 11.4 Å². The molecule has 7 nitrogen and oxygen atoms in total. The fourth-order valence-corrected chi connectivity index (χ4v) is 4.38. The average Bonchev–Trinajstić information content (AvgIpc) is 2.97. The minimum absolute atomic E-state index is 0.245. The molecule has 0 radical (unpaired) electrons. The molecule has 1 N–H and O–H groups in total. The molecular formula is C22H28N2O5S. The molecule has 0 unspecified atom stereocenters. The third-order valence-electron chi connectivity index (χ3n) is 4.81. The lowest BCUT2D eigenvalue weighted by molar-refractivity contribution is -0.119. The molecule has 2 aromatic rings. The second-order valence-electron chi connectivity index (χ2n) is 8.04. The van der Waals surface area contributed by atoms with Crippen molar-refractivity contribution in [3.63, 3.8) is 0 Å². The molecule has 0 fully saturated rings. The van der Waals surface area contributed by atoms with Crippen LogP contribution in [0.4, 0.5) is 5.69 Å². The number of para-hydroxylation sites is 2. The summed E-state index contributed by atoms with van der Waals surface area (Å²) in [4.78, 5) is 12.4. The highest BCUT2D eigenvalue weighted by atomic mass is 32.2. The van der Waals surface area contributed by atoms with Crippen LogP contribution in [0.5, 0.6) is 11.5 Å². The van der Waals surface area contributed by atoms with Gasteiger partial charge in [-0.15, -0.1) is 0 Å². The number of fused-ring (bicyclic) bond motifs is 1. The van der Waals surface area contributed by atoms with Crippen molar-refractivity contribution in [1.29, 1.82) is 0 Å². The summed E-state index contributed by atoms with van der Waals surface area (Å²) in [6, 6.07) is 12.8. The van der Waals surface area contributed by atoms with Gasteiger partial charge < -0.3 is 14.8 Å². The molecule has 0 spiro atoms. The summed E-state index contributed by atoms with van der Waals surface area (Å²) in [7, 11) is -3.60. The van der Waals surface area contributed by atoms with Gasteiger partial charge in [0.1, 0.15) is 18.8 Å². The molecule has 0 bridgehead atoms. The highest BCUT2D eigenvalue weighted by molar-refractivity contribution is 7.92. The van der Waals surface area contributed by atoms with Crippen molar-refractivity contribution in [3.05, 3.63) is 53.6 Å². The van der Waals surface area contributed by atoms with E-state index in [1.807, 2.05) is 38.1 Å². The van der Waals surface area contributed by atoms with E-state index < -0.39 is 15.9 Å². The van der Waals surface area contributed by atoms with Gasteiger partial charge in [-0.25, -0.2) is 8.42 Å². The van der Waals surface area contributed by atoms with Crippen molar-refractivity contribution in [2.75, 3.05) is 30.3 Å². The van der Waals surface area contributed by atoms with Crippen LogP contribution in [-0.2, 0) is 21.2 Å². The second kappa shape index (κ2) is 8.55. The summed E-state index contributed by atoms with van der Waals surface area (Å²) in [6.45, 7) is 6.06. The van der Waals surface area contributed by atoms with Crippen LogP contribution in [0.1, 0.15) is 25.0 Å². The van der Waals surface area contributed by atoms with Gasteiger partial charge in [-0.3, -0.25) is 9.10 Å². The van der Waals surface area contributed by atoms with Crippen molar-refractivity contribution >= 4 is 21.6 Å². The van der Waals surface area contributed by atoms with Crippen molar-refractivity contribution in [2.45, 2.75) is 32.8 Å². The van der Waals surface area contributed by atoms with Gasteiger partial charge in [0.2, 0.25) is 15.9 Å². The molecule has 0 saturated heterocycles. The summed E-state index contributed by atoms with van der Waals surface area (Å²) in [5, 5.41) is 2.72. The van der Waals surface area contributed by atoms with E-state index >= 15 is 0 Å². The third-order valence-corrected chi connectivity index (χ3v) is 5.93. The number of benzene rings is 2.